The predicted molar refractivity (Wildman–Crippen MR) is 85.0 cm³/mol. The highest BCUT2D eigenvalue weighted by Crippen LogP contribution is 2.30. The van der Waals surface area contributed by atoms with Crippen molar-refractivity contribution < 1.29 is 0 Å². The number of nitrogens with zero attached hydrogens (tertiary/aromatic N) is 4. The summed E-state index contributed by atoms with van der Waals surface area (Å²) in [5.74, 6) is 0. The minimum Gasteiger partial charge on any atom is -0.326 e. The van der Waals surface area contributed by atoms with Gasteiger partial charge in [0.2, 0.25) is 0 Å². The van der Waals surface area contributed by atoms with Crippen LogP contribution in [0, 0.1) is 0 Å². The Morgan fingerprint density at radius 1 is 1.33 bits per heavy atom. The zero-order valence-electron chi connectivity index (χ0n) is 13.4. The van der Waals surface area contributed by atoms with Crippen molar-refractivity contribution in [2.24, 2.45) is 12.8 Å². The summed E-state index contributed by atoms with van der Waals surface area (Å²) >= 11 is 0. The van der Waals surface area contributed by atoms with Crippen molar-refractivity contribution in [1.29, 1.82) is 0 Å². The second-order valence-corrected chi connectivity index (χ2v) is 6.64. The molecule has 5 nitrogen and oxygen atoms in total. The number of nitrogens with two attached hydrogens (primary N) is 1. The molecular formula is C16H29N5. The molecule has 3 unspecified atom stereocenters. The van der Waals surface area contributed by atoms with Crippen LogP contribution in [0.25, 0.3) is 0 Å². The van der Waals surface area contributed by atoms with Crippen LogP contribution in [0.4, 0.5) is 0 Å². The van der Waals surface area contributed by atoms with Gasteiger partial charge in [0.1, 0.15) is 0 Å². The van der Waals surface area contributed by atoms with Crippen LogP contribution in [0.15, 0.2) is 12.4 Å². The maximum absolute atomic E-state index is 6.49. The highest BCUT2D eigenvalue weighted by Gasteiger charge is 2.34. The highest BCUT2D eigenvalue weighted by molar-refractivity contribution is 5.14. The van der Waals surface area contributed by atoms with Crippen molar-refractivity contribution in [3.05, 3.63) is 18.0 Å². The number of hydrogen-bond donors (Lipinski definition) is 1. The molecule has 0 spiro atoms. The zero-order valence-corrected chi connectivity index (χ0v) is 13.4. The van der Waals surface area contributed by atoms with Crippen molar-refractivity contribution >= 4 is 0 Å². The van der Waals surface area contributed by atoms with E-state index >= 15 is 0 Å². The highest BCUT2D eigenvalue weighted by atomic mass is 15.3. The largest absolute Gasteiger partial charge is 0.326 e. The van der Waals surface area contributed by atoms with Gasteiger partial charge in [0.05, 0.1) is 12.2 Å². The van der Waals surface area contributed by atoms with Gasteiger partial charge >= 0.3 is 0 Å². The first-order valence-corrected chi connectivity index (χ1v) is 8.41. The van der Waals surface area contributed by atoms with E-state index in [1.807, 2.05) is 17.9 Å². The number of rotatable bonds is 4. The second-order valence-electron chi connectivity index (χ2n) is 6.64. The van der Waals surface area contributed by atoms with Gasteiger partial charge in [-0.1, -0.05) is 6.92 Å². The Hall–Kier alpha value is -0.910. The Morgan fingerprint density at radius 3 is 2.86 bits per heavy atom. The summed E-state index contributed by atoms with van der Waals surface area (Å²) in [5, 5.41) is 4.36. The van der Waals surface area contributed by atoms with E-state index in [-0.39, 0.29) is 6.04 Å². The molecule has 0 radical (unpaired) electrons. The van der Waals surface area contributed by atoms with Gasteiger partial charge in [0.15, 0.2) is 0 Å². The van der Waals surface area contributed by atoms with Gasteiger partial charge in [-0.05, 0) is 38.8 Å². The van der Waals surface area contributed by atoms with Crippen molar-refractivity contribution in [2.75, 3.05) is 26.2 Å². The minimum atomic E-state index is 0.183. The molecular weight excluding hydrogens is 262 g/mol. The van der Waals surface area contributed by atoms with E-state index in [0.29, 0.717) is 6.04 Å². The van der Waals surface area contributed by atoms with Crippen LogP contribution >= 0.6 is 0 Å². The average Bonchev–Trinajstić information content (AvgIpc) is 3.04. The lowest BCUT2D eigenvalue weighted by Gasteiger charge is -2.35. The van der Waals surface area contributed by atoms with Crippen LogP contribution in [0.5, 0.6) is 0 Å². The molecule has 2 aliphatic heterocycles. The molecule has 0 aliphatic carbocycles. The van der Waals surface area contributed by atoms with Gasteiger partial charge in [-0.25, -0.2) is 0 Å². The topological polar surface area (TPSA) is 50.3 Å². The molecule has 2 saturated heterocycles. The van der Waals surface area contributed by atoms with E-state index in [1.165, 1.54) is 37.9 Å². The lowest BCUT2D eigenvalue weighted by molar-refractivity contribution is 0.151. The Kier molecular flexibility index (Phi) is 4.62. The first-order chi connectivity index (χ1) is 10.2. The Labute approximate surface area is 128 Å². The third kappa shape index (κ3) is 3.15. The third-order valence-electron chi connectivity index (χ3n) is 5.17. The fraction of sp³-hybridized carbons (Fsp3) is 0.812. The Morgan fingerprint density at radius 2 is 2.14 bits per heavy atom. The smallest absolute Gasteiger partial charge is 0.0538 e. The van der Waals surface area contributed by atoms with Crippen LogP contribution in [-0.2, 0) is 7.05 Å². The molecule has 3 rings (SSSR count). The van der Waals surface area contributed by atoms with E-state index in [4.69, 9.17) is 5.73 Å². The molecule has 2 fully saturated rings. The quantitative estimate of drug-likeness (QED) is 0.910. The molecule has 2 N–H and O–H groups in total. The number of aryl methyl sites for hydroxylation is 1. The summed E-state index contributed by atoms with van der Waals surface area (Å²) < 4.78 is 1.89. The summed E-state index contributed by atoms with van der Waals surface area (Å²) in [6.45, 7) is 7.04. The maximum atomic E-state index is 6.49. The molecule has 0 amide bonds. The van der Waals surface area contributed by atoms with Crippen molar-refractivity contribution in [3.8, 4) is 0 Å². The molecule has 3 heterocycles. The van der Waals surface area contributed by atoms with Crippen molar-refractivity contribution in [3.63, 3.8) is 0 Å². The normalized spacial score (nSPS) is 27.3. The summed E-state index contributed by atoms with van der Waals surface area (Å²) in [6.07, 6.45) is 9.09. The van der Waals surface area contributed by atoms with Crippen LogP contribution in [0.3, 0.4) is 0 Å². The SMILES string of the molecule is CCC(N)C(c1cnn(C)c1)N1CCCN2CCCC2C1. The van der Waals surface area contributed by atoms with E-state index in [1.54, 1.807) is 0 Å². The molecule has 0 bridgehead atoms. The lowest BCUT2D eigenvalue weighted by atomic mass is 9.98. The third-order valence-corrected chi connectivity index (χ3v) is 5.17. The first kappa shape index (κ1) is 15.0. The molecule has 21 heavy (non-hydrogen) atoms. The molecule has 0 aromatic carbocycles. The van der Waals surface area contributed by atoms with Crippen LogP contribution in [0.2, 0.25) is 0 Å². The van der Waals surface area contributed by atoms with Crippen LogP contribution in [-0.4, -0.2) is 57.8 Å². The fourth-order valence-electron chi connectivity index (χ4n) is 4.03. The van der Waals surface area contributed by atoms with Gasteiger partial charge in [0.25, 0.3) is 0 Å². The van der Waals surface area contributed by atoms with E-state index in [9.17, 15) is 0 Å². The van der Waals surface area contributed by atoms with Crippen molar-refractivity contribution in [1.82, 2.24) is 19.6 Å². The van der Waals surface area contributed by atoms with E-state index in [2.05, 4.69) is 28.0 Å². The molecule has 3 atom stereocenters. The lowest BCUT2D eigenvalue weighted by Crippen LogP contribution is -2.44. The van der Waals surface area contributed by atoms with Gasteiger partial charge in [-0.15, -0.1) is 0 Å². The number of fused-ring (bicyclic) bond motifs is 1. The summed E-state index contributed by atoms with van der Waals surface area (Å²) in [4.78, 5) is 5.30. The minimum absolute atomic E-state index is 0.183. The van der Waals surface area contributed by atoms with E-state index in [0.717, 1.165) is 25.6 Å². The fourth-order valence-corrected chi connectivity index (χ4v) is 4.03. The Bertz CT molecular complexity index is 457. The number of aromatic nitrogens is 2. The summed E-state index contributed by atoms with van der Waals surface area (Å²) in [6, 6.07) is 1.22. The van der Waals surface area contributed by atoms with Crippen LogP contribution in [0.1, 0.15) is 44.2 Å². The Balaban J connectivity index is 1.81. The van der Waals surface area contributed by atoms with Gasteiger partial charge < -0.3 is 5.73 Å². The number of hydrogen-bond acceptors (Lipinski definition) is 4. The van der Waals surface area contributed by atoms with Gasteiger partial charge in [-0.2, -0.15) is 5.10 Å². The van der Waals surface area contributed by atoms with Gasteiger partial charge in [-0.3, -0.25) is 14.5 Å². The van der Waals surface area contributed by atoms with Crippen molar-refractivity contribution in [2.45, 2.75) is 50.7 Å². The molecule has 1 aromatic rings. The molecule has 2 aliphatic rings. The summed E-state index contributed by atoms with van der Waals surface area (Å²) in [5.41, 5.74) is 7.76. The predicted octanol–water partition coefficient (Wildman–Crippen LogP) is 1.37. The zero-order chi connectivity index (χ0) is 14.8. The molecule has 5 heteroatoms. The van der Waals surface area contributed by atoms with Gasteiger partial charge in [0, 0.05) is 44.0 Å². The van der Waals surface area contributed by atoms with Crippen LogP contribution < -0.4 is 5.73 Å². The molecule has 0 saturated carbocycles. The standard InChI is InChI=1S/C16H29N5/c1-3-15(17)16(13-10-18-19(2)11-13)21-9-5-8-20-7-4-6-14(20)12-21/h10-11,14-16H,3-9,12,17H2,1-2H3. The average molecular weight is 291 g/mol. The monoisotopic (exact) mass is 291 g/mol. The first-order valence-electron chi connectivity index (χ1n) is 8.41. The molecule has 1 aromatic heterocycles. The summed E-state index contributed by atoms with van der Waals surface area (Å²) in [7, 11) is 1.99. The second kappa shape index (κ2) is 6.46. The maximum Gasteiger partial charge on any atom is 0.0538 e. The molecule has 118 valence electrons. The van der Waals surface area contributed by atoms with E-state index < -0.39 is 0 Å².